The molecular weight excluding hydrogens is 860 g/mol. The van der Waals surface area contributed by atoms with Crippen LogP contribution in [-0.4, -0.2) is 169 Å². The lowest BCUT2D eigenvalue weighted by Gasteiger charge is -2.25. The zero-order valence-electron chi connectivity index (χ0n) is 39.5. The quantitative estimate of drug-likeness (QED) is 0.0113. The van der Waals surface area contributed by atoms with Crippen molar-refractivity contribution in [2.24, 2.45) is 5.11 Å². The number of ether oxygens (including phenoxy) is 8. The predicted molar refractivity (Wildman–Crippen MR) is 232 cm³/mol. The Kier molecular flexibility index (Phi) is 30.7. The standard InChI is InChI=1S/C41H72N8O16/c1-39(2,3)63-36(55)26-33(52)47-29(37(56)64-40(4,5)6)10-12-31(50)44-15-19-59-22-24-61-27-34(53)45-16-20-60-23-25-62-28-35(54)48-30(38(57)65-41(7,8)9)11-13-32(51)43-14-18-58-21-17-46-49-42/h29-30H,10-28H2,1-9H3,(H,43,51)(H,44,50)(H,45,53)(H,47,52)(H,48,54)/t29-,30-/m0/s1. The first-order valence-corrected chi connectivity index (χ1v) is 21.4. The molecule has 65 heavy (non-hydrogen) atoms. The molecule has 0 fully saturated rings. The number of nitrogens with one attached hydrogen (secondary N) is 5. The lowest BCUT2D eigenvalue weighted by atomic mass is 10.1. The highest BCUT2D eigenvalue weighted by molar-refractivity contribution is 5.96. The molecule has 0 aliphatic rings. The third kappa shape index (κ3) is 37.9. The Morgan fingerprint density at radius 1 is 0.492 bits per heavy atom. The highest BCUT2D eigenvalue weighted by atomic mass is 16.6. The number of rotatable bonds is 34. The molecule has 5 N–H and O–H groups in total. The minimum atomic E-state index is -1.17. The molecule has 0 bridgehead atoms. The SMILES string of the molecule is CC(C)(C)OC(=O)CC(=O)N[C@@H](CCC(=O)NCCOCCOCC(=O)NCCOCCOCC(=O)N[C@@H](CCC(=O)NCCOCCN=[N+]=[N-])C(=O)OC(C)(C)C)C(=O)OC(C)(C)C. The van der Waals surface area contributed by atoms with Crippen LogP contribution in [0.4, 0.5) is 0 Å². The van der Waals surface area contributed by atoms with Gasteiger partial charge in [-0.25, -0.2) is 9.59 Å². The van der Waals surface area contributed by atoms with E-state index in [1.165, 1.54) is 0 Å². The van der Waals surface area contributed by atoms with Gasteiger partial charge in [0.15, 0.2) is 0 Å². The van der Waals surface area contributed by atoms with Crippen LogP contribution >= 0.6 is 0 Å². The average molecular weight is 933 g/mol. The van der Waals surface area contributed by atoms with E-state index in [0.29, 0.717) is 0 Å². The third-order valence-corrected chi connectivity index (χ3v) is 7.41. The Hall–Kier alpha value is -5.13. The number of esters is 3. The van der Waals surface area contributed by atoms with Gasteiger partial charge >= 0.3 is 17.9 Å². The maximum atomic E-state index is 12.7. The summed E-state index contributed by atoms with van der Waals surface area (Å²) in [5.74, 6) is -4.69. The maximum Gasteiger partial charge on any atom is 0.329 e. The Morgan fingerprint density at radius 3 is 1.31 bits per heavy atom. The van der Waals surface area contributed by atoms with E-state index in [4.69, 9.17) is 43.4 Å². The summed E-state index contributed by atoms with van der Waals surface area (Å²) in [4.78, 5) is 102. The molecule has 0 aromatic rings. The number of carbonyl (C=O) groups is 8. The monoisotopic (exact) mass is 933 g/mol. The minimum absolute atomic E-state index is 0.0175. The largest absolute Gasteiger partial charge is 0.460 e. The van der Waals surface area contributed by atoms with Crippen LogP contribution in [0.3, 0.4) is 0 Å². The van der Waals surface area contributed by atoms with E-state index < -0.39 is 70.9 Å². The minimum Gasteiger partial charge on any atom is -0.460 e. The molecule has 2 atom stereocenters. The first-order chi connectivity index (χ1) is 30.4. The van der Waals surface area contributed by atoms with Gasteiger partial charge in [0.1, 0.15) is 48.5 Å². The number of amides is 5. The summed E-state index contributed by atoms with van der Waals surface area (Å²) in [6, 6.07) is -2.26. The summed E-state index contributed by atoms with van der Waals surface area (Å²) >= 11 is 0. The van der Waals surface area contributed by atoms with Crippen LogP contribution in [-0.2, 0) is 76.3 Å². The molecule has 0 radical (unpaired) electrons. The molecule has 5 amide bonds. The highest BCUT2D eigenvalue weighted by Crippen LogP contribution is 2.13. The molecule has 0 rings (SSSR count). The van der Waals surface area contributed by atoms with E-state index in [2.05, 4.69) is 36.6 Å². The lowest BCUT2D eigenvalue weighted by Crippen LogP contribution is -2.46. The summed E-state index contributed by atoms with van der Waals surface area (Å²) in [5.41, 5.74) is 5.79. The molecule has 0 saturated heterocycles. The molecule has 24 heteroatoms. The molecular formula is C41H72N8O16. The highest BCUT2D eigenvalue weighted by Gasteiger charge is 2.30. The van der Waals surface area contributed by atoms with E-state index in [0.717, 1.165) is 0 Å². The van der Waals surface area contributed by atoms with E-state index in [1.807, 2.05) is 0 Å². The molecule has 24 nitrogen and oxygen atoms in total. The zero-order chi connectivity index (χ0) is 49.3. The van der Waals surface area contributed by atoms with E-state index in [9.17, 15) is 38.4 Å². The summed E-state index contributed by atoms with van der Waals surface area (Å²) in [7, 11) is 0. The Labute approximate surface area is 380 Å². The van der Waals surface area contributed by atoms with Crippen molar-refractivity contribution in [3.63, 3.8) is 0 Å². The molecule has 0 unspecified atom stereocenters. The van der Waals surface area contributed by atoms with Crippen molar-refractivity contribution in [2.45, 2.75) is 123 Å². The van der Waals surface area contributed by atoms with Crippen molar-refractivity contribution < 1.29 is 76.3 Å². The first kappa shape index (κ1) is 59.9. The summed E-state index contributed by atoms with van der Waals surface area (Å²) in [5, 5.41) is 16.2. The van der Waals surface area contributed by atoms with Gasteiger partial charge in [0, 0.05) is 43.9 Å². The first-order valence-electron chi connectivity index (χ1n) is 21.4. The lowest BCUT2D eigenvalue weighted by molar-refractivity contribution is -0.161. The Morgan fingerprint density at radius 2 is 0.877 bits per heavy atom. The summed E-state index contributed by atoms with van der Waals surface area (Å²) < 4.78 is 42.6. The predicted octanol–water partition coefficient (Wildman–Crippen LogP) is 0.674. The molecule has 0 aliphatic carbocycles. The average Bonchev–Trinajstić information content (AvgIpc) is 3.17. The van der Waals surface area contributed by atoms with Crippen molar-refractivity contribution in [1.29, 1.82) is 0 Å². The molecule has 0 saturated carbocycles. The summed E-state index contributed by atoms with van der Waals surface area (Å²) in [6.07, 6.45) is -0.894. The zero-order valence-corrected chi connectivity index (χ0v) is 39.5. The van der Waals surface area contributed by atoms with Crippen LogP contribution in [0.15, 0.2) is 5.11 Å². The molecule has 0 aromatic carbocycles. The number of nitrogens with zero attached hydrogens (tertiary/aromatic N) is 3. The second-order valence-electron chi connectivity index (χ2n) is 17.1. The number of hydrogen-bond acceptors (Lipinski definition) is 17. The topological polar surface area (TPSA) is 319 Å². The molecule has 0 heterocycles. The Balaban J connectivity index is 4.25. The second kappa shape index (κ2) is 33.4. The van der Waals surface area contributed by atoms with Crippen LogP contribution < -0.4 is 26.6 Å². The van der Waals surface area contributed by atoms with Gasteiger partial charge in [0.05, 0.1) is 52.9 Å². The second-order valence-corrected chi connectivity index (χ2v) is 17.1. The van der Waals surface area contributed by atoms with Crippen molar-refractivity contribution in [3.05, 3.63) is 10.4 Å². The fourth-order valence-electron chi connectivity index (χ4n) is 4.82. The smallest absolute Gasteiger partial charge is 0.329 e. The van der Waals surface area contributed by atoms with Gasteiger partial charge in [-0.2, -0.15) is 0 Å². The number of carbonyl (C=O) groups excluding carboxylic acids is 8. The van der Waals surface area contributed by atoms with Gasteiger partial charge < -0.3 is 64.5 Å². The molecule has 0 aliphatic heterocycles. The van der Waals surface area contributed by atoms with Crippen LogP contribution in [0.1, 0.15) is 94.4 Å². The molecule has 0 spiro atoms. The molecule has 372 valence electrons. The van der Waals surface area contributed by atoms with Gasteiger partial charge in [0.25, 0.3) is 0 Å². The van der Waals surface area contributed by atoms with Crippen LogP contribution in [0.25, 0.3) is 10.4 Å². The van der Waals surface area contributed by atoms with Gasteiger partial charge in [-0.05, 0) is 80.7 Å². The number of hydrogen-bond donors (Lipinski definition) is 5. The van der Waals surface area contributed by atoms with Crippen molar-refractivity contribution >= 4 is 47.4 Å². The van der Waals surface area contributed by atoms with E-state index in [-0.39, 0.29) is 130 Å². The van der Waals surface area contributed by atoms with Crippen LogP contribution in [0.5, 0.6) is 0 Å². The maximum absolute atomic E-state index is 12.7. The number of azide groups is 1. The van der Waals surface area contributed by atoms with Crippen LogP contribution in [0, 0.1) is 0 Å². The summed E-state index contributed by atoms with van der Waals surface area (Å²) in [6.45, 7) is 16.3. The molecule has 0 aromatic heterocycles. The van der Waals surface area contributed by atoms with E-state index in [1.54, 1.807) is 62.3 Å². The van der Waals surface area contributed by atoms with Crippen molar-refractivity contribution in [1.82, 2.24) is 26.6 Å². The fraction of sp³-hybridized carbons (Fsp3) is 0.805. The van der Waals surface area contributed by atoms with E-state index >= 15 is 0 Å². The van der Waals surface area contributed by atoms with Gasteiger partial charge in [0.2, 0.25) is 29.5 Å². The van der Waals surface area contributed by atoms with Gasteiger partial charge in [-0.3, -0.25) is 28.8 Å². The fourth-order valence-corrected chi connectivity index (χ4v) is 4.82. The normalized spacial score (nSPS) is 12.4. The van der Waals surface area contributed by atoms with Gasteiger partial charge in [-0.1, -0.05) is 5.11 Å². The van der Waals surface area contributed by atoms with Crippen molar-refractivity contribution in [2.75, 3.05) is 92.2 Å². The Bertz CT molecular complexity index is 1540. The third-order valence-electron chi connectivity index (χ3n) is 7.41. The van der Waals surface area contributed by atoms with Crippen molar-refractivity contribution in [3.8, 4) is 0 Å². The van der Waals surface area contributed by atoms with Crippen LogP contribution in [0.2, 0.25) is 0 Å². The van der Waals surface area contributed by atoms with Gasteiger partial charge in [-0.15, -0.1) is 0 Å².